The summed E-state index contributed by atoms with van der Waals surface area (Å²) in [6.07, 6.45) is 20.3. The van der Waals surface area contributed by atoms with Gasteiger partial charge < -0.3 is 14.8 Å². The van der Waals surface area contributed by atoms with Crippen LogP contribution in [0.3, 0.4) is 0 Å². The van der Waals surface area contributed by atoms with Gasteiger partial charge in [-0.1, -0.05) is 69.6 Å². The lowest BCUT2D eigenvalue weighted by molar-refractivity contribution is -0.116. The van der Waals surface area contributed by atoms with Gasteiger partial charge in [-0.15, -0.1) is 0 Å². The predicted molar refractivity (Wildman–Crippen MR) is 120 cm³/mol. The first-order chi connectivity index (χ1) is 14.1. The van der Waals surface area contributed by atoms with E-state index in [0.717, 1.165) is 36.4 Å². The average Bonchev–Trinajstić information content (AvgIpc) is 3.17. The van der Waals surface area contributed by atoms with Gasteiger partial charge in [0, 0.05) is 12.6 Å². The Bertz CT molecular complexity index is 704. The normalized spacial score (nSPS) is 13.3. The van der Waals surface area contributed by atoms with E-state index in [-0.39, 0.29) is 5.91 Å². The predicted octanol–water partition coefficient (Wildman–Crippen LogP) is 6.04. The Hall–Kier alpha value is -2.49. The van der Waals surface area contributed by atoms with Crippen LogP contribution in [-0.2, 0) is 4.79 Å². The summed E-state index contributed by atoms with van der Waals surface area (Å²) in [5.41, 5.74) is 1.16. The molecule has 0 aromatic heterocycles. The van der Waals surface area contributed by atoms with Gasteiger partial charge in [0.25, 0.3) is 0 Å². The van der Waals surface area contributed by atoms with E-state index in [9.17, 15) is 4.79 Å². The lowest BCUT2D eigenvalue weighted by Crippen LogP contribution is -2.25. The molecule has 1 aromatic rings. The molecule has 0 radical (unpaired) electrons. The maximum Gasteiger partial charge on any atom is 0.243 e. The molecule has 0 atom stereocenters. The quantitative estimate of drug-likeness (QED) is 0.251. The number of hydrogen-bond acceptors (Lipinski definition) is 3. The first-order valence-electron chi connectivity index (χ1n) is 10.8. The molecule has 1 aromatic carbocycles. The van der Waals surface area contributed by atoms with Crippen LogP contribution in [0.25, 0.3) is 6.08 Å². The molecule has 1 amide bonds. The van der Waals surface area contributed by atoms with Crippen molar-refractivity contribution >= 4 is 12.0 Å². The van der Waals surface area contributed by atoms with Crippen molar-refractivity contribution in [2.45, 2.75) is 58.8 Å². The van der Waals surface area contributed by atoms with E-state index < -0.39 is 0 Å². The molecule has 1 aliphatic rings. The van der Waals surface area contributed by atoms with Gasteiger partial charge in [0.05, 0.1) is 0 Å². The number of fused-ring (bicyclic) bond motifs is 1. The Balaban J connectivity index is 1.43. The van der Waals surface area contributed by atoms with Crippen LogP contribution in [-0.4, -0.2) is 19.2 Å². The number of ether oxygens (including phenoxy) is 2. The highest BCUT2D eigenvalue weighted by Gasteiger charge is 2.11. The molecule has 158 valence electrons. The minimum Gasteiger partial charge on any atom is -0.454 e. The Morgan fingerprint density at radius 3 is 2.52 bits per heavy atom. The summed E-state index contributed by atoms with van der Waals surface area (Å²) in [5, 5.41) is 2.87. The van der Waals surface area contributed by atoms with Crippen molar-refractivity contribution in [3.63, 3.8) is 0 Å². The molecule has 29 heavy (non-hydrogen) atoms. The zero-order chi connectivity index (χ0) is 20.7. The lowest BCUT2D eigenvalue weighted by atomic mass is 10.1. The number of nitrogens with one attached hydrogen (secondary N) is 1. The number of allylic oxidation sites excluding steroid dienone is 4. The van der Waals surface area contributed by atoms with E-state index in [4.69, 9.17) is 9.47 Å². The molecule has 1 heterocycles. The zero-order valence-corrected chi connectivity index (χ0v) is 17.9. The van der Waals surface area contributed by atoms with Crippen LogP contribution in [0.5, 0.6) is 11.5 Å². The van der Waals surface area contributed by atoms with E-state index >= 15 is 0 Å². The average molecular weight is 398 g/mol. The maximum absolute atomic E-state index is 11.5. The molecule has 0 aliphatic carbocycles. The molecule has 0 fully saturated rings. The van der Waals surface area contributed by atoms with Gasteiger partial charge in [0.2, 0.25) is 12.7 Å². The molecule has 0 saturated carbocycles. The fourth-order valence-corrected chi connectivity index (χ4v) is 2.97. The fraction of sp³-hybridized carbons (Fsp3) is 0.480. The van der Waals surface area contributed by atoms with Crippen molar-refractivity contribution in [2.75, 3.05) is 13.3 Å². The van der Waals surface area contributed by atoms with Crippen LogP contribution in [0.15, 0.2) is 48.6 Å². The number of unbranched alkanes of at least 4 members (excludes halogenated alkanes) is 6. The summed E-state index contributed by atoms with van der Waals surface area (Å²) < 4.78 is 10.7. The van der Waals surface area contributed by atoms with Crippen molar-refractivity contribution in [3.05, 3.63) is 54.1 Å². The van der Waals surface area contributed by atoms with Gasteiger partial charge in [0.15, 0.2) is 11.5 Å². The minimum absolute atomic E-state index is 0.0177. The van der Waals surface area contributed by atoms with E-state index in [1.807, 2.05) is 24.3 Å². The number of hydrogen-bond donors (Lipinski definition) is 1. The smallest absolute Gasteiger partial charge is 0.243 e. The molecule has 0 spiro atoms. The third kappa shape index (κ3) is 10.0. The molecule has 1 N–H and O–H groups in total. The second kappa shape index (κ2) is 13.6. The molecule has 2 rings (SSSR count). The van der Waals surface area contributed by atoms with E-state index in [1.54, 1.807) is 6.08 Å². The summed E-state index contributed by atoms with van der Waals surface area (Å²) in [7, 11) is 0. The Labute approximate surface area is 175 Å². The van der Waals surface area contributed by atoms with Crippen LogP contribution in [0.2, 0.25) is 0 Å². The van der Waals surface area contributed by atoms with Gasteiger partial charge >= 0.3 is 0 Å². The Kier molecular flexibility index (Phi) is 10.7. The van der Waals surface area contributed by atoms with Crippen LogP contribution >= 0.6 is 0 Å². The maximum atomic E-state index is 11.5. The number of rotatable bonds is 13. The van der Waals surface area contributed by atoms with Crippen LogP contribution < -0.4 is 14.8 Å². The highest BCUT2D eigenvalue weighted by atomic mass is 16.7. The van der Waals surface area contributed by atoms with Crippen LogP contribution in [0, 0.1) is 5.92 Å². The summed E-state index contributed by atoms with van der Waals surface area (Å²) >= 11 is 0. The largest absolute Gasteiger partial charge is 0.454 e. The topological polar surface area (TPSA) is 47.6 Å². The van der Waals surface area contributed by atoms with E-state index in [0.29, 0.717) is 12.7 Å². The molecular formula is C25H35NO3. The van der Waals surface area contributed by atoms with Gasteiger partial charge in [0.1, 0.15) is 0 Å². The first kappa shape index (κ1) is 22.8. The van der Waals surface area contributed by atoms with Gasteiger partial charge in [-0.05, 0) is 49.3 Å². The molecular weight excluding hydrogens is 362 g/mol. The second-order valence-electron chi connectivity index (χ2n) is 7.79. The monoisotopic (exact) mass is 397 g/mol. The van der Waals surface area contributed by atoms with Crippen LogP contribution in [0.1, 0.15) is 64.4 Å². The third-order valence-corrected chi connectivity index (χ3v) is 4.63. The number of benzene rings is 1. The summed E-state index contributed by atoms with van der Waals surface area (Å²) in [6.45, 7) is 5.22. The summed E-state index contributed by atoms with van der Waals surface area (Å²) in [5.74, 6) is 2.14. The lowest BCUT2D eigenvalue weighted by Gasteiger charge is -2.03. The fourth-order valence-electron chi connectivity index (χ4n) is 2.97. The standard InChI is InChI=1S/C25H35NO3/c1-21(2)19-26-25(27)15-13-11-9-7-5-3-4-6-8-10-12-14-22-16-17-23-24(18-22)29-20-28-23/h9,11-18,21H,3-8,10,19-20H2,1-2H3,(H,26,27)/b11-9+,14-12+,15-13+. The molecule has 0 saturated heterocycles. The van der Waals surface area contributed by atoms with Crippen LogP contribution in [0.4, 0.5) is 0 Å². The van der Waals surface area contributed by atoms with Crippen molar-refractivity contribution in [2.24, 2.45) is 5.92 Å². The van der Waals surface area contributed by atoms with Gasteiger partial charge in [-0.2, -0.15) is 0 Å². The van der Waals surface area contributed by atoms with Gasteiger partial charge in [-0.25, -0.2) is 0 Å². The minimum atomic E-state index is -0.0177. The van der Waals surface area contributed by atoms with E-state index in [2.05, 4.69) is 43.5 Å². The zero-order valence-electron chi connectivity index (χ0n) is 17.9. The second-order valence-corrected chi connectivity index (χ2v) is 7.79. The van der Waals surface area contributed by atoms with Crippen molar-refractivity contribution < 1.29 is 14.3 Å². The summed E-state index contributed by atoms with van der Waals surface area (Å²) in [6, 6.07) is 6.05. The van der Waals surface area contributed by atoms with Crippen molar-refractivity contribution in [1.82, 2.24) is 5.32 Å². The third-order valence-electron chi connectivity index (χ3n) is 4.63. The summed E-state index contributed by atoms with van der Waals surface area (Å²) in [4.78, 5) is 11.5. The molecule has 4 heteroatoms. The molecule has 0 bridgehead atoms. The number of carbonyl (C=O) groups is 1. The Morgan fingerprint density at radius 2 is 1.72 bits per heavy atom. The number of amides is 1. The molecule has 1 aliphatic heterocycles. The van der Waals surface area contributed by atoms with Gasteiger partial charge in [-0.3, -0.25) is 4.79 Å². The first-order valence-corrected chi connectivity index (χ1v) is 10.8. The highest BCUT2D eigenvalue weighted by Crippen LogP contribution is 2.32. The van der Waals surface area contributed by atoms with Crippen molar-refractivity contribution in [1.29, 1.82) is 0 Å². The Morgan fingerprint density at radius 1 is 1.00 bits per heavy atom. The SMILES string of the molecule is CC(C)CNC(=O)/C=C/C=C/CCCCCCC/C=C/c1ccc2c(c1)OCO2. The molecule has 4 nitrogen and oxygen atoms in total. The molecule has 0 unspecified atom stereocenters. The highest BCUT2D eigenvalue weighted by molar-refractivity contribution is 5.87. The number of carbonyl (C=O) groups excluding carboxylic acids is 1. The van der Waals surface area contributed by atoms with E-state index in [1.165, 1.54) is 32.1 Å². The van der Waals surface area contributed by atoms with Crippen molar-refractivity contribution in [3.8, 4) is 11.5 Å².